The summed E-state index contributed by atoms with van der Waals surface area (Å²) in [7, 11) is 1.18. The Morgan fingerprint density at radius 2 is 2.00 bits per heavy atom. The monoisotopic (exact) mass is 285 g/mol. The van der Waals surface area contributed by atoms with Crippen LogP contribution in [-0.4, -0.2) is 25.2 Å². The Hall–Kier alpha value is -1.69. The largest absolute Gasteiger partial charge is 0.473 e. The molecule has 4 nitrogen and oxygen atoms in total. The summed E-state index contributed by atoms with van der Waals surface area (Å²) >= 11 is 0. The number of benzene rings is 1. The second-order valence-corrected chi connectivity index (χ2v) is 4.83. The van der Waals surface area contributed by atoms with Crippen molar-refractivity contribution in [3.8, 4) is 5.75 Å². The van der Waals surface area contributed by atoms with Crippen molar-refractivity contribution in [2.75, 3.05) is 7.11 Å². The molecule has 20 heavy (non-hydrogen) atoms. The van der Waals surface area contributed by atoms with E-state index in [4.69, 9.17) is 4.74 Å². The topological polar surface area (TPSA) is 47.6 Å². The highest BCUT2D eigenvalue weighted by Gasteiger charge is 2.22. The summed E-state index contributed by atoms with van der Waals surface area (Å²) in [6, 6.07) is 2.87. The highest BCUT2D eigenvalue weighted by molar-refractivity contribution is 5.74. The zero-order chi connectivity index (χ0) is 14.7. The molecule has 1 N–H and O–H groups in total. The van der Waals surface area contributed by atoms with Gasteiger partial charge >= 0.3 is 5.97 Å². The number of rotatable bonds is 6. The Morgan fingerprint density at radius 1 is 1.40 bits per heavy atom. The van der Waals surface area contributed by atoms with Crippen molar-refractivity contribution in [1.82, 2.24) is 5.32 Å². The molecular weight excluding hydrogens is 268 g/mol. The smallest absolute Gasteiger partial charge is 0.346 e. The second kappa shape index (κ2) is 6.17. The maximum Gasteiger partial charge on any atom is 0.346 e. The van der Waals surface area contributed by atoms with Crippen LogP contribution in [0.1, 0.15) is 25.3 Å². The molecule has 0 bridgehead atoms. The van der Waals surface area contributed by atoms with Gasteiger partial charge in [0.1, 0.15) is 0 Å². The lowest BCUT2D eigenvalue weighted by atomic mass is 10.2. The number of esters is 1. The number of hydrogen-bond acceptors (Lipinski definition) is 4. The van der Waals surface area contributed by atoms with Gasteiger partial charge in [0, 0.05) is 12.6 Å². The van der Waals surface area contributed by atoms with E-state index in [2.05, 4.69) is 10.1 Å². The maximum absolute atomic E-state index is 13.8. The number of hydrogen-bond donors (Lipinski definition) is 1. The molecule has 1 aliphatic carbocycles. The Bertz CT molecular complexity index is 480. The lowest BCUT2D eigenvalue weighted by Crippen LogP contribution is -2.26. The number of methoxy groups -OCH3 is 1. The Morgan fingerprint density at radius 3 is 2.50 bits per heavy atom. The van der Waals surface area contributed by atoms with Gasteiger partial charge in [-0.1, -0.05) is 0 Å². The van der Waals surface area contributed by atoms with E-state index >= 15 is 0 Å². The Labute approximate surface area is 116 Å². The molecule has 1 atom stereocenters. The fourth-order valence-corrected chi connectivity index (χ4v) is 1.77. The van der Waals surface area contributed by atoms with Crippen LogP contribution in [0.4, 0.5) is 8.78 Å². The number of halogens is 2. The first kappa shape index (κ1) is 14.7. The fraction of sp³-hybridized carbons (Fsp3) is 0.500. The molecule has 1 aliphatic rings. The lowest BCUT2D eigenvalue weighted by molar-refractivity contribution is -0.148. The van der Waals surface area contributed by atoms with Crippen molar-refractivity contribution in [3.05, 3.63) is 29.3 Å². The standard InChI is InChI=1S/C14H17F2NO3/c1-8(14(18)19-2)20-13-11(15)5-9(6-12(13)16)7-17-10-3-4-10/h5-6,8,10,17H,3-4,7H2,1-2H3. The van der Waals surface area contributed by atoms with Crippen LogP contribution in [0.3, 0.4) is 0 Å². The zero-order valence-electron chi connectivity index (χ0n) is 11.4. The third-order valence-electron chi connectivity index (χ3n) is 3.06. The van der Waals surface area contributed by atoms with Crippen LogP contribution in [-0.2, 0) is 16.1 Å². The minimum Gasteiger partial charge on any atom is -0.473 e. The van der Waals surface area contributed by atoms with Gasteiger partial charge in [-0.3, -0.25) is 0 Å². The molecule has 0 spiro atoms. The maximum atomic E-state index is 13.8. The zero-order valence-corrected chi connectivity index (χ0v) is 11.4. The van der Waals surface area contributed by atoms with E-state index in [0.717, 1.165) is 12.8 Å². The Balaban J connectivity index is 2.06. The highest BCUT2D eigenvalue weighted by atomic mass is 19.1. The van der Waals surface area contributed by atoms with Gasteiger partial charge in [0.15, 0.2) is 23.5 Å². The van der Waals surface area contributed by atoms with Crippen LogP contribution >= 0.6 is 0 Å². The van der Waals surface area contributed by atoms with Gasteiger partial charge in [0.05, 0.1) is 7.11 Å². The predicted molar refractivity (Wildman–Crippen MR) is 68.3 cm³/mol. The van der Waals surface area contributed by atoms with Crippen LogP contribution in [0.15, 0.2) is 12.1 Å². The average molecular weight is 285 g/mol. The molecule has 1 fully saturated rings. The summed E-state index contributed by atoms with van der Waals surface area (Å²) in [5, 5.41) is 3.17. The number of nitrogens with one attached hydrogen (secondary N) is 1. The summed E-state index contributed by atoms with van der Waals surface area (Å²) in [6.45, 7) is 1.78. The molecule has 0 radical (unpaired) electrons. The van der Waals surface area contributed by atoms with E-state index in [1.54, 1.807) is 0 Å². The lowest BCUT2D eigenvalue weighted by Gasteiger charge is -2.14. The van der Waals surface area contributed by atoms with E-state index in [0.29, 0.717) is 18.2 Å². The fourth-order valence-electron chi connectivity index (χ4n) is 1.77. The summed E-state index contributed by atoms with van der Waals surface area (Å²) in [6.07, 6.45) is 1.13. The van der Waals surface area contributed by atoms with Gasteiger partial charge in [0.25, 0.3) is 0 Å². The molecule has 0 saturated heterocycles. The normalized spacial score (nSPS) is 15.8. The molecule has 1 aromatic carbocycles. The first-order chi connectivity index (χ1) is 9.51. The highest BCUT2D eigenvalue weighted by Crippen LogP contribution is 2.25. The van der Waals surface area contributed by atoms with Crippen molar-refractivity contribution in [2.45, 2.75) is 38.5 Å². The van der Waals surface area contributed by atoms with Crippen LogP contribution in [0.5, 0.6) is 5.75 Å². The van der Waals surface area contributed by atoms with Crippen LogP contribution in [0.25, 0.3) is 0 Å². The first-order valence-corrected chi connectivity index (χ1v) is 6.47. The van der Waals surface area contributed by atoms with E-state index in [-0.39, 0.29) is 0 Å². The molecule has 0 aromatic heterocycles. The molecule has 1 aromatic rings. The molecule has 0 amide bonds. The van der Waals surface area contributed by atoms with Crippen molar-refractivity contribution in [3.63, 3.8) is 0 Å². The Kier molecular flexibility index (Phi) is 4.54. The van der Waals surface area contributed by atoms with Gasteiger partial charge in [-0.25, -0.2) is 13.6 Å². The van der Waals surface area contributed by atoms with Crippen LogP contribution < -0.4 is 10.1 Å². The quantitative estimate of drug-likeness (QED) is 0.814. The van der Waals surface area contributed by atoms with E-state index in [1.165, 1.54) is 26.2 Å². The minimum atomic E-state index is -1.07. The second-order valence-electron chi connectivity index (χ2n) is 4.83. The van der Waals surface area contributed by atoms with Gasteiger partial charge in [-0.15, -0.1) is 0 Å². The summed E-state index contributed by atoms with van der Waals surface area (Å²) in [5.74, 6) is -2.90. The molecule has 1 unspecified atom stereocenters. The number of ether oxygens (including phenoxy) is 2. The molecular formula is C14H17F2NO3. The molecule has 6 heteroatoms. The summed E-state index contributed by atoms with van der Waals surface area (Å²) in [4.78, 5) is 11.2. The van der Waals surface area contributed by atoms with E-state index in [9.17, 15) is 13.6 Å². The predicted octanol–water partition coefficient (Wildman–Crippen LogP) is 2.16. The molecule has 2 rings (SSSR count). The third kappa shape index (κ3) is 3.66. The van der Waals surface area contributed by atoms with Crippen molar-refractivity contribution in [2.24, 2.45) is 0 Å². The van der Waals surface area contributed by atoms with Gasteiger partial charge in [-0.2, -0.15) is 0 Å². The van der Waals surface area contributed by atoms with Crippen LogP contribution in [0, 0.1) is 11.6 Å². The minimum absolute atomic E-state index is 0.408. The molecule has 0 heterocycles. The van der Waals surface area contributed by atoms with Gasteiger partial charge in [0.2, 0.25) is 0 Å². The summed E-state index contributed by atoms with van der Waals surface area (Å²) < 4.78 is 37.1. The van der Waals surface area contributed by atoms with Crippen molar-refractivity contribution < 1.29 is 23.0 Å². The number of carbonyl (C=O) groups is 1. The van der Waals surface area contributed by atoms with Crippen molar-refractivity contribution in [1.29, 1.82) is 0 Å². The van der Waals surface area contributed by atoms with Crippen molar-refractivity contribution >= 4 is 5.97 Å². The van der Waals surface area contributed by atoms with E-state index in [1.807, 2.05) is 0 Å². The molecule has 1 saturated carbocycles. The molecule has 0 aliphatic heterocycles. The molecule has 110 valence electrons. The van der Waals surface area contributed by atoms with Gasteiger partial charge in [-0.05, 0) is 37.5 Å². The van der Waals surface area contributed by atoms with E-state index < -0.39 is 29.5 Å². The third-order valence-corrected chi connectivity index (χ3v) is 3.06. The van der Waals surface area contributed by atoms with Gasteiger partial charge < -0.3 is 14.8 Å². The SMILES string of the molecule is COC(=O)C(C)Oc1c(F)cc(CNC2CC2)cc1F. The number of carbonyl (C=O) groups excluding carboxylic acids is 1. The average Bonchev–Trinajstić information content (AvgIpc) is 3.23. The van der Waals surface area contributed by atoms with Crippen LogP contribution in [0.2, 0.25) is 0 Å². The first-order valence-electron chi connectivity index (χ1n) is 6.47. The summed E-state index contributed by atoms with van der Waals surface area (Å²) in [5.41, 5.74) is 0.505.